The molecule has 1 N–H and O–H groups in total. The van der Waals surface area contributed by atoms with Gasteiger partial charge in [-0.15, -0.1) is 0 Å². The highest BCUT2D eigenvalue weighted by molar-refractivity contribution is 7.89. The fraction of sp³-hybridized carbons (Fsp3) is 0.429. The van der Waals surface area contributed by atoms with Gasteiger partial charge in [0.25, 0.3) is 0 Å². The molecule has 0 aliphatic carbocycles. The molecule has 0 amide bonds. The molecule has 146 valence electrons. The Bertz CT molecular complexity index is 885. The van der Waals surface area contributed by atoms with E-state index in [1.807, 2.05) is 50.2 Å². The second-order valence-electron chi connectivity index (χ2n) is 7.21. The van der Waals surface area contributed by atoms with E-state index in [4.69, 9.17) is 9.47 Å². The van der Waals surface area contributed by atoms with Crippen molar-refractivity contribution >= 4 is 10.0 Å². The van der Waals surface area contributed by atoms with Crippen LogP contribution >= 0.6 is 0 Å². The van der Waals surface area contributed by atoms with E-state index in [9.17, 15) is 8.42 Å². The molecule has 0 aromatic heterocycles. The molecule has 1 fully saturated rings. The van der Waals surface area contributed by atoms with Gasteiger partial charge in [-0.2, -0.15) is 0 Å². The lowest BCUT2D eigenvalue weighted by Crippen LogP contribution is -2.44. The molecule has 0 radical (unpaired) electrons. The van der Waals surface area contributed by atoms with Gasteiger partial charge in [-0.25, -0.2) is 13.1 Å². The lowest BCUT2D eigenvalue weighted by atomic mass is 9.74. The van der Waals surface area contributed by atoms with Crippen molar-refractivity contribution in [3.63, 3.8) is 0 Å². The average Bonchev–Trinajstić information content (AvgIpc) is 2.69. The van der Waals surface area contributed by atoms with Crippen LogP contribution in [0.1, 0.15) is 29.5 Å². The highest BCUT2D eigenvalue weighted by Crippen LogP contribution is 2.35. The van der Waals surface area contributed by atoms with Gasteiger partial charge in [-0.05, 0) is 61.6 Å². The molecular weight excluding hydrogens is 362 g/mol. The number of methoxy groups -OCH3 is 1. The predicted molar refractivity (Wildman–Crippen MR) is 106 cm³/mol. The van der Waals surface area contributed by atoms with E-state index >= 15 is 0 Å². The smallest absolute Gasteiger partial charge is 0.240 e. The van der Waals surface area contributed by atoms with Crippen LogP contribution in [0.25, 0.3) is 0 Å². The van der Waals surface area contributed by atoms with E-state index in [0.29, 0.717) is 24.7 Å². The maximum atomic E-state index is 13.0. The minimum absolute atomic E-state index is 0.282. The van der Waals surface area contributed by atoms with Crippen LogP contribution in [0.3, 0.4) is 0 Å². The van der Waals surface area contributed by atoms with Crippen molar-refractivity contribution in [3.05, 3.63) is 59.2 Å². The number of rotatable bonds is 6. The Morgan fingerprint density at radius 2 is 1.74 bits per heavy atom. The number of hydrogen-bond acceptors (Lipinski definition) is 4. The minimum Gasteiger partial charge on any atom is -0.497 e. The standard InChI is InChI=1S/C21H27NO4S/c1-16-4-5-17(2)20(14-16)27(23,24)22-15-21(10-12-26-13-11-21)18-6-8-19(25-3)9-7-18/h4-9,14,22H,10-13,15H2,1-3H3. The molecule has 0 unspecified atom stereocenters. The van der Waals surface area contributed by atoms with Crippen LogP contribution in [0.5, 0.6) is 5.75 Å². The van der Waals surface area contributed by atoms with E-state index < -0.39 is 10.0 Å². The Kier molecular flexibility index (Phi) is 5.89. The SMILES string of the molecule is COc1ccc(C2(CNS(=O)(=O)c3cc(C)ccc3C)CCOCC2)cc1. The topological polar surface area (TPSA) is 64.6 Å². The van der Waals surface area contributed by atoms with E-state index in [-0.39, 0.29) is 5.41 Å². The summed E-state index contributed by atoms with van der Waals surface area (Å²) in [6.45, 7) is 5.31. The third-order valence-electron chi connectivity index (χ3n) is 5.39. The molecule has 1 heterocycles. The summed E-state index contributed by atoms with van der Waals surface area (Å²) in [6, 6.07) is 13.4. The van der Waals surface area contributed by atoms with E-state index in [0.717, 1.165) is 35.3 Å². The Morgan fingerprint density at radius 1 is 1.07 bits per heavy atom. The molecule has 27 heavy (non-hydrogen) atoms. The summed E-state index contributed by atoms with van der Waals surface area (Å²) in [4.78, 5) is 0.347. The van der Waals surface area contributed by atoms with Crippen molar-refractivity contribution in [1.29, 1.82) is 0 Å². The highest BCUT2D eigenvalue weighted by atomic mass is 32.2. The number of aryl methyl sites for hydroxylation is 2. The highest BCUT2D eigenvalue weighted by Gasteiger charge is 2.36. The third-order valence-corrected chi connectivity index (χ3v) is 6.93. The van der Waals surface area contributed by atoms with Crippen molar-refractivity contribution in [2.75, 3.05) is 26.9 Å². The summed E-state index contributed by atoms with van der Waals surface area (Å²) in [6.07, 6.45) is 1.54. The maximum Gasteiger partial charge on any atom is 0.240 e. The fourth-order valence-electron chi connectivity index (χ4n) is 3.58. The Balaban J connectivity index is 1.87. The molecule has 0 bridgehead atoms. The largest absolute Gasteiger partial charge is 0.497 e. The number of nitrogens with one attached hydrogen (secondary N) is 1. The molecule has 0 atom stereocenters. The van der Waals surface area contributed by atoms with Gasteiger partial charge in [-0.1, -0.05) is 24.3 Å². The number of sulfonamides is 1. The summed E-state index contributed by atoms with van der Waals surface area (Å²) in [5, 5.41) is 0. The van der Waals surface area contributed by atoms with E-state index in [1.165, 1.54) is 0 Å². The molecule has 2 aromatic carbocycles. The molecule has 0 spiro atoms. The zero-order chi connectivity index (χ0) is 19.5. The quantitative estimate of drug-likeness (QED) is 0.823. The van der Waals surface area contributed by atoms with Crippen molar-refractivity contribution in [1.82, 2.24) is 4.72 Å². The monoisotopic (exact) mass is 389 g/mol. The average molecular weight is 390 g/mol. The summed E-state index contributed by atoms with van der Waals surface area (Å²) >= 11 is 0. The molecular formula is C21H27NO4S. The van der Waals surface area contributed by atoms with Crippen molar-refractivity contribution in [2.45, 2.75) is 37.0 Å². The first-order chi connectivity index (χ1) is 12.9. The number of ether oxygens (including phenoxy) is 2. The van der Waals surface area contributed by atoms with Crippen LogP contribution in [0.2, 0.25) is 0 Å². The molecule has 1 aliphatic rings. The van der Waals surface area contributed by atoms with E-state index in [2.05, 4.69) is 4.72 Å². The van der Waals surface area contributed by atoms with Gasteiger partial charge in [-0.3, -0.25) is 0 Å². The Labute approximate surface area is 161 Å². The van der Waals surface area contributed by atoms with Gasteiger partial charge < -0.3 is 9.47 Å². The van der Waals surface area contributed by atoms with Crippen LogP contribution in [-0.4, -0.2) is 35.3 Å². The Hall–Kier alpha value is -1.89. The first-order valence-corrected chi connectivity index (χ1v) is 10.6. The fourth-order valence-corrected chi connectivity index (χ4v) is 5.04. The third kappa shape index (κ3) is 4.34. The van der Waals surface area contributed by atoms with E-state index in [1.54, 1.807) is 13.2 Å². The molecule has 1 aliphatic heterocycles. The zero-order valence-corrected chi connectivity index (χ0v) is 16.9. The maximum absolute atomic E-state index is 13.0. The van der Waals surface area contributed by atoms with Crippen molar-refractivity contribution < 1.29 is 17.9 Å². The summed E-state index contributed by atoms with van der Waals surface area (Å²) in [7, 11) is -1.95. The minimum atomic E-state index is -3.59. The van der Waals surface area contributed by atoms with Crippen molar-refractivity contribution in [3.8, 4) is 5.75 Å². The molecule has 6 heteroatoms. The van der Waals surface area contributed by atoms with Crippen LogP contribution in [0.15, 0.2) is 47.4 Å². The van der Waals surface area contributed by atoms with Gasteiger partial charge in [0.1, 0.15) is 5.75 Å². The molecule has 1 saturated heterocycles. The van der Waals surface area contributed by atoms with Crippen molar-refractivity contribution in [2.24, 2.45) is 0 Å². The van der Waals surface area contributed by atoms with Crippen LogP contribution in [0, 0.1) is 13.8 Å². The van der Waals surface area contributed by atoms with Gasteiger partial charge in [0.15, 0.2) is 0 Å². The number of benzene rings is 2. The van der Waals surface area contributed by atoms with Gasteiger partial charge in [0.2, 0.25) is 10.0 Å². The molecule has 0 saturated carbocycles. The Morgan fingerprint density at radius 3 is 2.37 bits per heavy atom. The summed E-state index contributed by atoms with van der Waals surface area (Å²) in [5.41, 5.74) is 2.50. The predicted octanol–water partition coefficient (Wildman–Crippen LogP) is 3.34. The van der Waals surface area contributed by atoms with Gasteiger partial charge >= 0.3 is 0 Å². The zero-order valence-electron chi connectivity index (χ0n) is 16.1. The second-order valence-corrected chi connectivity index (χ2v) is 8.95. The summed E-state index contributed by atoms with van der Waals surface area (Å²) < 4.78 is 39.6. The number of hydrogen-bond donors (Lipinski definition) is 1. The lowest BCUT2D eigenvalue weighted by Gasteiger charge is -2.38. The molecule has 2 aromatic rings. The first kappa shape index (κ1) is 19.9. The lowest BCUT2D eigenvalue weighted by molar-refractivity contribution is 0.0517. The van der Waals surface area contributed by atoms with Crippen LogP contribution in [0.4, 0.5) is 0 Å². The second kappa shape index (κ2) is 8.00. The van der Waals surface area contributed by atoms with Gasteiger partial charge in [0.05, 0.1) is 12.0 Å². The van der Waals surface area contributed by atoms with Crippen LogP contribution < -0.4 is 9.46 Å². The first-order valence-electron chi connectivity index (χ1n) is 9.15. The normalized spacial score (nSPS) is 16.9. The molecule has 5 nitrogen and oxygen atoms in total. The van der Waals surface area contributed by atoms with Gasteiger partial charge in [0, 0.05) is 25.2 Å². The van der Waals surface area contributed by atoms with Crippen LogP contribution in [-0.2, 0) is 20.2 Å². The molecule has 3 rings (SSSR count). The summed E-state index contributed by atoms with van der Waals surface area (Å²) in [5.74, 6) is 0.789.